The number of benzene rings is 3. The van der Waals surface area contributed by atoms with Gasteiger partial charge in [0, 0.05) is 12.0 Å². The van der Waals surface area contributed by atoms with Crippen LogP contribution in [0.5, 0.6) is 5.75 Å². The number of hydrogen-bond donors (Lipinski definition) is 1. The molecule has 5 rings (SSSR count). The molecule has 1 saturated heterocycles. The summed E-state index contributed by atoms with van der Waals surface area (Å²) in [4.78, 5) is 57.0. The van der Waals surface area contributed by atoms with Crippen LogP contribution in [0.4, 0.5) is 11.5 Å². The summed E-state index contributed by atoms with van der Waals surface area (Å²) in [5.41, 5.74) is 8.88. The quantitative estimate of drug-likeness (QED) is 0.138. The Morgan fingerprint density at radius 1 is 1.00 bits per heavy atom. The number of esters is 1. The average molecular weight is 646 g/mol. The third kappa shape index (κ3) is 6.54. The number of methoxy groups -OCH3 is 1. The molecule has 11 nitrogen and oxygen atoms in total. The molecule has 1 aliphatic rings. The van der Waals surface area contributed by atoms with Gasteiger partial charge in [-0.05, 0) is 53.9 Å². The van der Waals surface area contributed by atoms with Crippen LogP contribution in [0, 0.1) is 22.7 Å². The number of pyridine rings is 1. The molecule has 2 N–H and O–H groups in total. The predicted octanol–water partition coefficient (Wildman–Crippen LogP) is 5.11. The van der Waals surface area contributed by atoms with E-state index in [0.717, 1.165) is 28.6 Å². The van der Waals surface area contributed by atoms with Gasteiger partial charge < -0.3 is 15.2 Å². The largest absolute Gasteiger partial charge is 0.496 e. The summed E-state index contributed by atoms with van der Waals surface area (Å²) in [5, 5.41) is 19.2. The van der Waals surface area contributed by atoms with Crippen molar-refractivity contribution < 1.29 is 28.7 Å². The number of amides is 2. The SMILES string of the molecule is CCc1ccc(-c2c(C#N)c(N)nc(SC3CC(=O)N(c4ccc(C(=O)OCC(=O)c5ccccc5OC)cc4)C3=O)c2C#N)cc1. The summed E-state index contributed by atoms with van der Waals surface area (Å²) < 4.78 is 10.4. The summed E-state index contributed by atoms with van der Waals surface area (Å²) in [5.74, 6) is -1.96. The van der Waals surface area contributed by atoms with Gasteiger partial charge in [-0.15, -0.1) is 0 Å². The molecule has 47 heavy (non-hydrogen) atoms. The van der Waals surface area contributed by atoms with Crippen LogP contribution in [0.3, 0.4) is 0 Å². The van der Waals surface area contributed by atoms with Crippen molar-refractivity contribution in [1.29, 1.82) is 10.5 Å². The first-order valence-corrected chi connectivity index (χ1v) is 15.3. The van der Waals surface area contributed by atoms with Gasteiger partial charge in [0.2, 0.25) is 17.6 Å². The predicted molar refractivity (Wildman–Crippen MR) is 174 cm³/mol. The lowest BCUT2D eigenvalue weighted by molar-refractivity contribution is -0.121. The maximum absolute atomic E-state index is 13.5. The highest BCUT2D eigenvalue weighted by molar-refractivity contribution is 8.00. The normalized spacial score (nSPS) is 14.0. The van der Waals surface area contributed by atoms with Gasteiger partial charge in [0.1, 0.15) is 34.3 Å². The molecule has 0 bridgehead atoms. The van der Waals surface area contributed by atoms with Crippen LogP contribution in [0.1, 0.15) is 50.8 Å². The molecule has 0 radical (unpaired) electrons. The monoisotopic (exact) mass is 645 g/mol. The van der Waals surface area contributed by atoms with Crippen molar-refractivity contribution >= 4 is 46.8 Å². The van der Waals surface area contributed by atoms with Crippen LogP contribution >= 0.6 is 11.8 Å². The van der Waals surface area contributed by atoms with Crippen LogP contribution < -0.4 is 15.4 Å². The van der Waals surface area contributed by atoms with E-state index in [1.165, 1.54) is 31.4 Å². The first-order chi connectivity index (χ1) is 22.7. The van der Waals surface area contributed by atoms with E-state index in [1.807, 2.05) is 25.1 Å². The molecule has 1 atom stereocenters. The minimum Gasteiger partial charge on any atom is -0.496 e. The number of aromatic nitrogens is 1. The number of hydrogen-bond acceptors (Lipinski definition) is 11. The molecule has 2 amide bonds. The number of aryl methyl sites for hydroxylation is 1. The van der Waals surface area contributed by atoms with E-state index in [9.17, 15) is 29.7 Å². The van der Waals surface area contributed by atoms with Crippen LogP contribution in [0.15, 0.2) is 77.8 Å². The number of ether oxygens (including phenoxy) is 2. The zero-order valence-corrected chi connectivity index (χ0v) is 26.2. The topological polar surface area (TPSA) is 176 Å². The maximum atomic E-state index is 13.5. The fraction of sp³-hybridized carbons (Fsp3) is 0.171. The Labute approximate surface area is 274 Å². The van der Waals surface area contributed by atoms with E-state index in [4.69, 9.17) is 15.2 Å². The molecule has 1 unspecified atom stereocenters. The number of nitrogens with zero attached hydrogens (tertiary/aromatic N) is 4. The lowest BCUT2D eigenvalue weighted by atomic mass is 9.96. The van der Waals surface area contributed by atoms with Gasteiger partial charge in [0.25, 0.3) is 0 Å². The molecule has 2 heterocycles. The lowest BCUT2D eigenvalue weighted by Crippen LogP contribution is -2.31. The van der Waals surface area contributed by atoms with Crippen LogP contribution in [-0.4, -0.2) is 47.5 Å². The van der Waals surface area contributed by atoms with Gasteiger partial charge in [-0.1, -0.05) is 55.1 Å². The van der Waals surface area contributed by atoms with Crippen LogP contribution in [0.25, 0.3) is 11.1 Å². The second-order valence-electron chi connectivity index (χ2n) is 10.3. The maximum Gasteiger partial charge on any atom is 0.338 e. The summed E-state index contributed by atoms with van der Waals surface area (Å²) in [6, 6.07) is 23.7. The van der Waals surface area contributed by atoms with Crippen LogP contribution in [0.2, 0.25) is 0 Å². The molecule has 0 saturated carbocycles. The number of ketones is 1. The number of carbonyl (C=O) groups excluding carboxylic acids is 4. The molecule has 12 heteroatoms. The molecule has 0 spiro atoms. The van der Waals surface area contributed by atoms with Gasteiger partial charge in [-0.3, -0.25) is 14.4 Å². The third-order valence-corrected chi connectivity index (χ3v) is 8.70. The fourth-order valence-corrected chi connectivity index (χ4v) is 6.21. The van der Waals surface area contributed by atoms with Crippen molar-refractivity contribution in [1.82, 2.24) is 4.98 Å². The molecule has 1 aliphatic heterocycles. The van der Waals surface area contributed by atoms with Crippen molar-refractivity contribution in [2.24, 2.45) is 0 Å². The minimum atomic E-state index is -0.921. The van der Waals surface area contributed by atoms with E-state index in [1.54, 1.807) is 36.4 Å². The van der Waals surface area contributed by atoms with Gasteiger partial charge >= 0.3 is 5.97 Å². The first-order valence-electron chi connectivity index (χ1n) is 14.4. The summed E-state index contributed by atoms with van der Waals surface area (Å²) in [6.45, 7) is 1.50. The van der Waals surface area contributed by atoms with Crippen molar-refractivity contribution in [3.63, 3.8) is 0 Å². The molecule has 1 fully saturated rings. The highest BCUT2D eigenvalue weighted by Gasteiger charge is 2.41. The van der Waals surface area contributed by atoms with Gasteiger partial charge in [-0.2, -0.15) is 10.5 Å². The Hall–Kier alpha value is -5.98. The number of nitrogens with two attached hydrogens (primary N) is 1. The van der Waals surface area contributed by atoms with E-state index >= 15 is 0 Å². The zero-order chi connectivity index (χ0) is 33.7. The van der Waals surface area contributed by atoms with Gasteiger partial charge in [0.15, 0.2) is 6.61 Å². The highest BCUT2D eigenvalue weighted by atomic mass is 32.2. The first kappa shape index (κ1) is 32.4. The van der Waals surface area contributed by atoms with E-state index in [2.05, 4.69) is 11.1 Å². The Morgan fingerprint density at radius 2 is 1.68 bits per heavy atom. The number of para-hydroxylation sites is 1. The van der Waals surface area contributed by atoms with E-state index < -0.39 is 35.4 Å². The molecule has 4 aromatic rings. The Bertz CT molecular complexity index is 1980. The molecule has 0 aliphatic carbocycles. The van der Waals surface area contributed by atoms with Crippen LogP contribution in [-0.2, 0) is 20.7 Å². The zero-order valence-electron chi connectivity index (χ0n) is 25.4. The van der Waals surface area contributed by atoms with Gasteiger partial charge in [-0.25, -0.2) is 14.7 Å². The summed E-state index contributed by atoms with van der Waals surface area (Å²) in [7, 11) is 1.43. The average Bonchev–Trinajstić information content (AvgIpc) is 3.38. The van der Waals surface area contributed by atoms with Crippen molar-refractivity contribution in [3.8, 4) is 29.0 Å². The summed E-state index contributed by atoms with van der Waals surface area (Å²) in [6.07, 6.45) is 0.633. The number of rotatable bonds is 10. The standard InChI is InChI=1S/C35H27N5O6S/c1-3-20-8-10-21(11-9-20)31-25(17-36)32(38)39-33(26(31)18-37)47-29-16-30(42)40(34(29)43)23-14-12-22(13-15-23)35(44)46-19-27(41)24-6-4-5-7-28(24)45-2/h4-15,29H,3,16,19H2,1-2H3,(H2,38,39). The van der Waals surface area contributed by atoms with Crippen molar-refractivity contribution in [3.05, 3.63) is 101 Å². The molecule has 1 aromatic heterocycles. The second-order valence-corrected chi connectivity index (χ2v) is 11.5. The number of imide groups is 1. The Kier molecular flexibility index (Phi) is 9.64. The Morgan fingerprint density at radius 3 is 2.32 bits per heavy atom. The molecule has 3 aromatic carbocycles. The smallest absolute Gasteiger partial charge is 0.338 e. The number of nitrogen functional groups attached to an aromatic ring is 1. The third-order valence-electron chi connectivity index (χ3n) is 7.53. The van der Waals surface area contributed by atoms with Crippen molar-refractivity contribution in [2.45, 2.75) is 30.0 Å². The minimum absolute atomic E-state index is 0.0494. The summed E-state index contributed by atoms with van der Waals surface area (Å²) >= 11 is 0.931. The number of thioether (sulfide) groups is 1. The second kappa shape index (κ2) is 14.0. The number of anilines is 2. The number of nitriles is 2. The fourth-order valence-electron chi connectivity index (χ4n) is 5.10. The lowest BCUT2D eigenvalue weighted by Gasteiger charge is -2.17. The Balaban J connectivity index is 1.32. The van der Waals surface area contributed by atoms with E-state index in [0.29, 0.717) is 16.9 Å². The highest BCUT2D eigenvalue weighted by Crippen LogP contribution is 2.40. The number of carbonyl (C=O) groups is 4. The molecule has 234 valence electrons. The van der Waals surface area contributed by atoms with E-state index in [-0.39, 0.29) is 45.2 Å². The van der Waals surface area contributed by atoms with Crippen molar-refractivity contribution in [2.75, 3.05) is 24.4 Å². The van der Waals surface area contributed by atoms with Gasteiger partial charge in [0.05, 0.1) is 34.7 Å². The molecular weight excluding hydrogens is 618 g/mol. The number of Topliss-reactive ketones (excluding diaryl/α,β-unsaturated/α-hetero) is 1. The molecular formula is C35H27N5O6S.